The zero-order chi connectivity index (χ0) is 19.6. The summed E-state index contributed by atoms with van der Waals surface area (Å²) in [5.41, 5.74) is 1.52. The van der Waals surface area contributed by atoms with Gasteiger partial charge in [-0.05, 0) is 35.9 Å². The Morgan fingerprint density at radius 2 is 1.89 bits per heavy atom. The number of hydrogen-bond acceptors (Lipinski definition) is 5. The Morgan fingerprint density at radius 3 is 2.48 bits per heavy atom. The quantitative estimate of drug-likeness (QED) is 0.459. The van der Waals surface area contributed by atoms with E-state index in [0.717, 1.165) is 5.56 Å². The van der Waals surface area contributed by atoms with Crippen LogP contribution in [0.1, 0.15) is 11.1 Å². The van der Waals surface area contributed by atoms with Crippen LogP contribution in [0.5, 0.6) is 11.5 Å². The monoisotopic (exact) mass is 439 g/mol. The molecule has 4 nitrogen and oxygen atoms in total. The lowest BCUT2D eigenvalue weighted by Crippen LogP contribution is -2.22. The van der Waals surface area contributed by atoms with Crippen LogP contribution in [0.15, 0.2) is 41.3 Å². The number of thioether (sulfide) groups is 1. The molecule has 3 rings (SSSR count). The summed E-state index contributed by atoms with van der Waals surface area (Å²) in [6, 6.07) is 10.7. The van der Waals surface area contributed by atoms with Gasteiger partial charge in [0.15, 0.2) is 11.5 Å². The summed E-state index contributed by atoms with van der Waals surface area (Å²) < 4.78 is 11.8. The number of ether oxygens (including phenoxy) is 2. The van der Waals surface area contributed by atoms with Gasteiger partial charge >= 0.3 is 0 Å². The molecule has 0 spiro atoms. The topological polar surface area (TPSA) is 38.8 Å². The number of rotatable bonds is 5. The number of amides is 1. The van der Waals surface area contributed by atoms with E-state index in [1.807, 2.05) is 6.07 Å². The molecule has 0 bridgehead atoms. The highest BCUT2D eigenvalue weighted by Crippen LogP contribution is 2.35. The normalized spacial score (nSPS) is 15.6. The third kappa shape index (κ3) is 4.41. The summed E-state index contributed by atoms with van der Waals surface area (Å²) in [5.74, 6) is 0.977. The molecule has 8 heteroatoms. The molecule has 0 radical (unpaired) electrons. The van der Waals surface area contributed by atoms with Crippen molar-refractivity contribution in [3.63, 3.8) is 0 Å². The Hall–Kier alpha value is -1.73. The van der Waals surface area contributed by atoms with Gasteiger partial charge in [-0.2, -0.15) is 0 Å². The van der Waals surface area contributed by atoms with Crippen molar-refractivity contribution in [1.82, 2.24) is 4.90 Å². The van der Waals surface area contributed by atoms with Crippen molar-refractivity contribution in [2.24, 2.45) is 0 Å². The van der Waals surface area contributed by atoms with Crippen molar-refractivity contribution in [2.75, 3.05) is 14.2 Å². The minimum atomic E-state index is -0.113. The Morgan fingerprint density at radius 1 is 1.19 bits per heavy atom. The highest BCUT2D eigenvalue weighted by atomic mass is 35.5. The van der Waals surface area contributed by atoms with Crippen LogP contribution in [0.2, 0.25) is 10.0 Å². The largest absolute Gasteiger partial charge is 0.493 e. The van der Waals surface area contributed by atoms with Crippen molar-refractivity contribution in [3.8, 4) is 11.5 Å². The summed E-state index contributed by atoms with van der Waals surface area (Å²) in [5, 5.41) is 1.08. The first-order chi connectivity index (χ1) is 12.9. The Balaban J connectivity index is 1.81. The number of benzene rings is 2. The molecule has 1 amide bonds. The molecule has 1 heterocycles. The third-order valence-corrected chi connectivity index (χ3v) is 6.10. The van der Waals surface area contributed by atoms with Crippen LogP contribution < -0.4 is 9.47 Å². The van der Waals surface area contributed by atoms with E-state index in [4.69, 9.17) is 44.9 Å². The first-order valence-corrected chi connectivity index (χ1v) is 9.84. The molecule has 2 aromatic carbocycles. The number of methoxy groups -OCH3 is 1. The van der Waals surface area contributed by atoms with Gasteiger partial charge in [0.05, 0.1) is 12.0 Å². The number of carbonyl (C=O) groups is 1. The Kier molecular flexibility index (Phi) is 6.32. The van der Waals surface area contributed by atoms with Crippen molar-refractivity contribution in [1.29, 1.82) is 0 Å². The average Bonchev–Trinajstić information content (AvgIpc) is 2.89. The van der Waals surface area contributed by atoms with Crippen LogP contribution in [0.25, 0.3) is 6.08 Å². The molecule has 0 aliphatic carbocycles. The number of carbonyl (C=O) groups excluding carboxylic acids is 1. The lowest BCUT2D eigenvalue weighted by atomic mass is 10.1. The molecular formula is C19H15Cl2NO3S2. The lowest BCUT2D eigenvalue weighted by molar-refractivity contribution is -0.121. The van der Waals surface area contributed by atoms with Gasteiger partial charge in [-0.3, -0.25) is 9.69 Å². The molecule has 0 N–H and O–H groups in total. The molecule has 1 aliphatic rings. The molecule has 2 aromatic rings. The molecule has 140 valence electrons. The predicted octanol–water partition coefficient (Wildman–Crippen LogP) is 5.41. The average molecular weight is 440 g/mol. The van der Waals surface area contributed by atoms with E-state index in [2.05, 4.69) is 0 Å². The Bertz CT molecular complexity index is 926. The van der Waals surface area contributed by atoms with E-state index < -0.39 is 0 Å². The smallest absolute Gasteiger partial charge is 0.265 e. The zero-order valence-electron chi connectivity index (χ0n) is 14.5. The maximum atomic E-state index is 12.1. The third-order valence-electron chi connectivity index (χ3n) is 3.91. The van der Waals surface area contributed by atoms with E-state index in [-0.39, 0.29) is 12.5 Å². The van der Waals surface area contributed by atoms with Gasteiger partial charge in [-0.15, -0.1) is 0 Å². The van der Waals surface area contributed by atoms with Gasteiger partial charge in [-0.1, -0.05) is 59.3 Å². The summed E-state index contributed by atoms with van der Waals surface area (Å²) in [4.78, 5) is 14.2. The van der Waals surface area contributed by atoms with Crippen LogP contribution in [0.3, 0.4) is 0 Å². The molecule has 0 aromatic heterocycles. The second kappa shape index (κ2) is 8.52. The summed E-state index contributed by atoms with van der Waals surface area (Å²) in [7, 11) is 3.22. The highest BCUT2D eigenvalue weighted by molar-refractivity contribution is 8.26. The van der Waals surface area contributed by atoms with E-state index >= 15 is 0 Å². The number of halogens is 2. The van der Waals surface area contributed by atoms with Crippen LogP contribution in [0.4, 0.5) is 0 Å². The summed E-state index contributed by atoms with van der Waals surface area (Å²) in [6.07, 6.45) is 1.78. The molecule has 1 saturated heterocycles. The standard InChI is InChI=1S/C19H15Cl2NO3S2/c1-22-18(23)17(27-19(22)26)9-11-6-7-15(16(8-11)24-2)25-10-12-13(20)4-3-5-14(12)21/h3-9H,10H2,1-2H3. The van der Waals surface area contributed by atoms with Gasteiger partial charge in [0, 0.05) is 22.7 Å². The molecule has 0 unspecified atom stereocenters. The molecule has 1 fully saturated rings. The maximum absolute atomic E-state index is 12.1. The fraction of sp³-hybridized carbons (Fsp3) is 0.158. The minimum Gasteiger partial charge on any atom is -0.493 e. The summed E-state index contributed by atoms with van der Waals surface area (Å²) >= 11 is 18.8. The maximum Gasteiger partial charge on any atom is 0.265 e. The molecule has 27 heavy (non-hydrogen) atoms. The lowest BCUT2D eigenvalue weighted by Gasteiger charge is -2.13. The van der Waals surface area contributed by atoms with Gasteiger partial charge in [0.2, 0.25) is 0 Å². The SMILES string of the molecule is COc1cc(C=C2SC(=S)N(C)C2=O)ccc1OCc1c(Cl)cccc1Cl. The molecule has 0 saturated carbocycles. The van der Waals surface area contributed by atoms with E-state index in [0.29, 0.717) is 36.3 Å². The van der Waals surface area contributed by atoms with Crippen molar-refractivity contribution >= 4 is 63.5 Å². The van der Waals surface area contributed by atoms with E-state index in [1.54, 1.807) is 50.6 Å². The van der Waals surface area contributed by atoms with E-state index in [9.17, 15) is 4.79 Å². The number of thiocarbonyl (C=S) groups is 1. The minimum absolute atomic E-state index is 0.113. The van der Waals surface area contributed by atoms with Gasteiger partial charge in [0.25, 0.3) is 5.91 Å². The predicted molar refractivity (Wildman–Crippen MR) is 115 cm³/mol. The van der Waals surface area contributed by atoms with Gasteiger partial charge < -0.3 is 9.47 Å². The second-order valence-electron chi connectivity index (χ2n) is 5.64. The van der Waals surface area contributed by atoms with Crippen LogP contribution in [-0.4, -0.2) is 29.3 Å². The number of hydrogen-bond donors (Lipinski definition) is 0. The van der Waals surface area contributed by atoms with Crippen LogP contribution in [0, 0.1) is 0 Å². The molecule has 0 atom stereocenters. The van der Waals surface area contributed by atoms with Gasteiger partial charge in [-0.25, -0.2) is 0 Å². The molecule has 1 aliphatic heterocycles. The fourth-order valence-corrected chi connectivity index (χ4v) is 4.10. The van der Waals surface area contributed by atoms with Crippen molar-refractivity contribution < 1.29 is 14.3 Å². The first-order valence-electron chi connectivity index (χ1n) is 7.86. The molecular weight excluding hydrogens is 425 g/mol. The van der Waals surface area contributed by atoms with E-state index in [1.165, 1.54) is 16.7 Å². The number of nitrogens with zero attached hydrogens (tertiary/aromatic N) is 1. The zero-order valence-corrected chi connectivity index (χ0v) is 17.6. The second-order valence-corrected chi connectivity index (χ2v) is 8.13. The van der Waals surface area contributed by atoms with Crippen molar-refractivity contribution in [2.45, 2.75) is 6.61 Å². The highest BCUT2D eigenvalue weighted by Gasteiger charge is 2.28. The van der Waals surface area contributed by atoms with Crippen LogP contribution in [-0.2, 0) is 11.4 Å². The van der Waals surface area contributed by atoms with Crippen LogP contribution >= 0.6 is 47.2 Å². The summed E-state index contributed by atoms with van der Waals surface area (Å²) in [6.45, 7) is 0.211. The Labute approximate surface area is 177 Å². The van der Waals surface area contributed by atoms with Crippen molar-refractivity contribution in [3.05, 3.63) is 62.5 Å². The first kappa shape index (κ1) is 20.0. The number of likely N-dealkylation sites (N-methyl/N-ethyl adjacent to an activating group) is 1. The fourth-order valence-electron chi connectivity index (χ4n) is 2.41. The van der Waals surface area contributed by atoms with Gasteiger partial charge in [0.1, 0.15) is 10.9 Å².